The van der Waals surface area contributed by atoms with Crippen LogP contribution in [0.2, 0.25) is 0 Å². The van der Waals surface area contributed by atoms with Crippen LogP contribution in [-0.4, -0.2) is 45.3 Å². The summed E-state index contributed by atoms with van der Waals surface area (Å²) in [6.07, 6.45) is 4.71. The summed E-state index contributed by atoms with van der Waals surface area (Å²) in [5, 5.41) is 10.8. The summed E-state index contributed by atoms with van der Waals surface area (Å²) in [6, 6.07) is 6.44. The minimum Gasteiger partial charge on any atom is -0.354 e. The Labute approximate surface area is 156 Å². The van der Waals surface area contributed by atoms with Crippen LogP contribution in [0.5, 0.6) is 0 Å². The Bertz CT molecular complexity index is 927. The molecule has 3 N–H and O–H groups in total. The van der Waals surface area contributed by atoms with E-state index in [-0.39, 0.29) is 18.3 Å². The molecule has 1 saturated heterocycles. The number of benzene rings is 1. The molecule has 1 aromatic carbocycles. The van der Waals surface area contributed by atoms with Gasteiger partial charge in [0, 0.05) is 31.6 Å². The van der Waals surface area contributed by atoms with Gasteiger partial charge in [-0.1, -0.05) is 0 Å². The molecular weight excluding hydrogens is 347 g/mol. The lowest BCUT2D eigenvalue weighted by Crippen LogP contribution is -2.30. The zero-order valence-electron chi connectivity index (χ0n) is 15.0. The highest BCUT2D eigenvalue weighted by Crippen LogP contribution is 2.21. The molecule has 1 atom stereocenters. The first kappa shape index (κ1) is 17.7. The van der Waals surface area contributed by atoms with Gasteiger partial charge in [-0.3, -0.25) is 9.48 Å². The third-order valence-electron chi connectivity index (χ3n) is 4.86. The van der Waals surface area contributed by atoms with Gasteiger partial charge in [0.1, 0.15) is 18.2 Å². The normalized spacial score (nSPS) is 17.3. The smallest absolute Gasteiger partial charge is 0.241 e. The number of hydrogen-bond donors (Lipinski definition) is 3. The monoisotopic (exact) mass is 370 g/mol. The summed E-state index contributed by atoms with van der Waals surface area (Å²) < 4.78 is 14.9. The Morgan fingerprint density at radius 3 is 3.15 bits per heavy atom. The summed E-state index contributed by atoms with van der Waals surface area (Å²) in [5.74, 6) is 0.769. The van der Waals surface area contributed by atoms with Gasteiger partial charge in [-0.15, -0.1) is 0 Å². The van der Waals surface area contributed by atoms with E-state index in [0.717, 1.165) is 43.0 Å². The fourth-order valence-electron chi connectivity index (χ4n) is 3.46. The Kier molecular flexibility index (Phi) is 5.15. The molecule has 0 aliphatic carbocycles. The molecule has 3 heterocycles. The molecule has 3 aromatic rings. The Morgan fingerprint density at radius 2 is 2.30 bits per heavy atom. The van der Waals surface area contributed by atoms with E-state index in [0.29, 0.717) is 24.4 Å². The van der Waals surface area contributed by atoms with E-state index in [1.165, 1.54) is 12.1 Å². The number of carbonyl (C=O) groups is 1. The van der Waals surface area contributed by atoms with Crippen LogP contribution in [0.25, 0.3) is 11.0 Å². The predicted octanol–water partition coefficient (Wildman–Crippen LogP) is 1.72. The second-order valence-corrected chi connectivity index (χ2v) is 6.93. The summed E-state index contributed by atoms with van der Waals surface area (Å²) >= 11 is 0. The van der Waals surface area contributed by atoms with Gasteiger partial charge in [0.05, 0.1) is 16.7 Å². The first-order chi connectivity index (χ1) is 13.2. The molecule has 4 rings (SSSR count). The standard InChI is InChI=1S/C19H23FN6O/c20-14-3-4-16-17(10-14)24-18(23-16)5-8-22-19(27)12-26-9-6-15(25-26)13-2-1-7-21-11-13/h3-4,6,9-10,13,21H,1-2,5,7-8,11-12H2,(H,22,27)(H,23,24)/t13-/m0/s1. The minimum atomic E-state index is -0.298. The average molecular weight is 370 g/mol. The number of H-pyrrole nitrogens is 1. The number of aromatic nitrogens is 4. The fourth-order valence-corrected chi connectivity index (χ4v) is 3.46. The van der Waals surface area contributed by atoms with E-state index in [1.54, 1.807) is 10.7 Å². The van der Waals surface area contributed by atoms with Gasteiger partial charge in [0.2, 0.25) is 5.91 Å². The zero-order chi connectivity index (χ0) is 18.6. The molecule has 2 aromatic heterocycles. The van der Waals surface area contributed by atoms with Crippen molar-refractivity contribution >= 4 is 16.9 Å². The molecule has 0 unspecified atom stereocenters. The Balaban J connectivity index is 1.26. The van der Waals surface area contributed by atoms with Crippen LogP contribution < -0.4 is 10.6 Å². The summed E-state index contributed by atoms with van der Waals surface area (Å²) in [7, 11) is 0. The molecular formula is C19H23FN6O. The highest BCUT2D eigenvalue weighted by Gasteiger charge is 2.17. The topological polar surface area (TPSA) is 87.6 Å². The maximum atomic E-state index is 13.2. The number of amides is 1. The van der Waals surface area contributed by atoms with Crippen LogP contribution in [-0.2, 0) is 17.8 Å². The van der Waals surface area contributed by atoms with Crippen LogP contribution >= 0.6 is 0 Å². The lowest BCUT2D eigenvalue weighted by atomic mass is 9.97. The molecule has 1 fully saturated rings. The summed E-state index contributed by atoms with van der Waals surface area (Å²) in [4.78, 5) is 19.6. The number of hydrogen-bond acceptors (Lipinski definition) is 4. The number of nitrogens with one attached hydrogen (secondary N) is 3. The van der Waals surface area contributed by atoms with E-state index < -0.39 is 0 Å². The number of halogens is 1. The van der Waals surface area contributed by atoms with E-state index in [9.17, 15) is 9.18 Å². The first-order valence-electron chi connectivity index (χ1n) is 9.32. The molecule has 1 aliphatic heterocycles. The zero-order valence-corrected chi connectivity index (χ0v) is 15.0. The summed E-state index contributed by atoms with van der Waals surface area (Å²) in [5.41, 5.74) is 2.43. The van der Waals surface area contributed by atoms with E-state index in [1.807, 2.05) is 12.3 Å². The highest BCUT2D eigenvalue weighted by molar-refractivity contribution is 5.76. The second-order valence-electron chi connectivity index (χ2n) is 6.93. The van der Waals surface area contributed by atoms with Crippen LogP contribution in [0, 0.1) is 5.82 Å². The molecule has 27 heavy (non-hydrogen) atoms. The van der Waals surface area contributed by atoms with Gasteiger partial charge < -0.3 is 15.6 Å². The van der Waals surface area contributed by atoms with Crippen LogP contribution in [0.3, 0.4) is 0 Å². The number of nitrogens with zero attached hydrogens (tertiary/aromatic N) is 3. The lowest BCUT2D eigenvalue weighted by Gasteiger charge is -2.20. The van der Waals surface area contributed by atoms with Crippen molar-refractivity contribution < 1.29 is 9.18 Å². The van der Waals surface area contributed by atoms with Crippen LogP contribution in [0.1, 0.15) is 30.3 Å². The van der Waals surface area contributed by atoms with Crippen LogP contribution in [0.15, 0.2) is 30.5 Å². The third kappa shape index (κ3) is 4.33. The van der Waals surface area contributed by atoms with Crippen molar-refractivity contribution in [3.8, 4) is 0 Å². The van der Waals surface area contributed by atoms with Crippen molar-refractivity contribution in [2.75, 3.05) is 19.6 Å². The molecule has 0 saturated carbocycles. The van der Waals surface area contributed by atoms with Gasteiger partial charge in [-0.2, -0.15) is 5.10 Å². The van der Waals surface area contributed by atoms with Crippen molar-refractivity contribution in [2.24, 2.45) is 0 Å². The van der Waals surface area contributed by atoms with E-state index in [4.69, 9.17) is 0 Å². The van der Waals surface area contributed by atoms with Gasteiger partial charge >= 0.3 is 0 Å². The van der Waals surface area contributed by atoms with E-state index >= 15 is 0 Å². The van der Waals surface area contributed by atoms with Crippen molar-refractivity contribution in [3.05, 3.63) is 47.8 Å². The minimum absolute atomic E-state index is 0.0893. The molecule has 0 radical (unpaired) electrons. The lowest BCUT2D eigenvalue weighted by molar-refractivity contribution is -0.121. The molecule has 7 nitrogen and oxygen atoms in total. The molecule has 0 bridgehead atoms. The molecule has 1 aliphatic rings. The van der Waals surface area contributed by atoms with Gasteiger partial charge in [-0.05, 0) is 43.7 Å². The van der Waals surface area contributed by atoms with Gasteiger partial charge in [0.15, 0.2) is 0 Å². The molecule has 1 amide bonds. The number of imidazole rings is 1. The SMILES string of the molecule is O=C(Cn1ccc([C@H]2CCCNC2)n1)NCCc1nc2ccc(F)cc2[nH]1. The second kappa shape index (κ2) is 7.87. The van der Waals surface area contributed by atoms with Gasteiger partial charge in [-0.25, -0.2) is 9.37 Å². The number of carbonyl (C=O) groups excluding carboxylic acids is 1. The largest absolute Gasteiger partial charge is 0.354 e. The number of rotatable bonds is 6. The third-order valence-corrected chi connectivity index (χ3v) is 4.86. The number of piperidine rings is 1. The quantitative estimate of drug-likeness (QED) is 0.617. The number of aromatic amines is 1. The van der Waals surface area contributed by atoms with E-state index in [2.05, 4.69) is 25.7 Å². The van der Waals surface area contributed by atoms with Crippen LogP contribution in [0.4, 0.5) is 4.39 Å². The van der Waals surface area contributed by atoms with Crippen molar-refractivity contribution in [3.63, 3.8) is 0 Å². The molecule has 142 valence electrons. The maximum Gasteiger partial charge on any atom is 0.241 e. The molecule has 8 heteroatoms. The van der Waals surface area contributed by atoms with Crippen molar-refractivity contribution in [1.82, 2.24) is 30.4 Å². The fraction of sp³-hybridized carbons (Fsp3) is 0.421. The number of fused-ring (bicyclic) bond motifs is 1. The summed E-state index contributed by atoms with van der Waals surface area (Å²) in [6.45, 7) is 2.68. The van der Waals surface area contributed by atoms with Crippen molar-refractivity contribution in [1.29, 1.82) is 0 Å². The Hall–Kier alpha value is -2.74. The maximum absolute atomic E-state index is 13.2. The first-order valence-corrected chi connectivity index (χ1v) is 9.32. The Morgan fingerprint density at radius 1 is 1.37 bits per heavy atom. The molecule has 0 spiro atoms. The predicted molar refractivity (Wildman–Crippen MR) is 99.8 cm³/mol. The van der Waals surface area contributed by atoms with Crippen molar-refractivity contribution in [2.45, 2.75) is 31.7 Å². The highest BCUT2D eigenvalue weighted by atomic mass is 19.1. The van der Waals surface area contributed by atoms with Gasteiger partial charge in [0.25, 0.3) is 0 Å². The average Bonchev–Trinajstić information content (AvgIpc) is 3.28.